The number of hydrogen-bond acceptors (Lipinski definition) is 5. The van der Waals surface area contributed by atoms with Crippen LogP contribution in [0, 0.1) is 0 Å². The lowest BCUT2D eigenvalue weighted by Crippen LogP contribution is -2.35. The van der Waals surface area contributed by atoms with Crippen molar-refractivity contribution in [3.63, 3.8) is 0 Å². The number of methoxy groups -OCH3 is 2. The molecule has 0 radical (unpaired) electrons. The van der Waals surface area contributed by atoms with E-state index in [0.29, 0.717) is 16.7 Å². The number of aromatic amines is 1. The van der Waals surface area contributed by atoms with Crippen molar-refractivity contribution < 1.29 is 14.3 Å². The van der Waals surface area contributed by atoms with Gasteiger partial charge >= 0.3 is 11.7 Å². The molecule has 0 fully saturated rings. The second kappa shape index (κ2) is 6.64. The van der Waals surface area contributed by atoms with E-state index in [1.54, 1.807) is 18.2 Å². The first-order valence-corrected chi connectivity index (χ1v) is 7.52. The normalized spacial score (nSPS) is 10.6. The molecule has 0 amide bonds. The first-order chi connectivity index (χ1) is 12.0. The van der Waals surface area contributed by atoms with E-state index >= 15 is 0 Å². The van der Waals surface area contributed by atoms with Crippen LogP contribution in [-0.4, -0.2) is 29.7 Å². The fourth-order valence-corrected chi connectivity index (χ4v) is 2.65. The average molecular weight is 340 g/mol. The number of carbonyl (C=O) groups excluding carboxylic acids is 1. The number of aromatic nitrogens is 2. The Bertz CT molecular complexity index is 1060. The van der Waals surface area contributed by atoms with E-state index in [4.69, 9.17) is 4.74 Å². The summed E-state index contributed by atoms with van der Waals surface area (Å²) in [5.74, 6) is 0.0517. The van der Waals surface area contributed by atoms with Crippen molar-refractivity contribution in [2.45, 2.75) is 6.54 Å². The van der Waals surface area contributed by atoms with Crippen LogP contribution in [0.25, 0.3) is 10.9 Å². The van der Waals surface area contributed by atoms with Gasteiger partial charge in [0.05, 0.1) is 37.2 Å². The van der Waals surface area contributed by atoms with Gasteiger partial charge in [0.2, 0.25) is 0 Å². The Kier molecular flexibility index (Phi) is 4.38. The van der Waals surface area contributed by atoms with Crippen LogP contribution >= 0.6 is 0 Å². The zero-order chi connectivity index (χ0) is 18.0. The number of hydrogen-bond donors (Lipinski definition) is 1. The van der Waals surface area contributed by atoms with Crippen LogP contribution in [-0.2, 0) is 11.3 Å². The minimum absolute atomic E-state index is 0.0763. The summed E-state index contributed by atoms with van der Waals surface area (Å²) in [4.78, 5) is 39.3. The van der Waals surface area contributed by atoms with Crippen molar-refractivity contribution in [1.29, 1.82) is 0 Å². The van der Waals surface area contributed by atoms with Gasteiger partial charge in [0.15, 0.2) is 0 Å². The molecule has 0 aliphatic carbocycles. The monoisotopic (exact) mass is 340 g/mol. The summed E-state index contributed by atoms with van der Waals surface area (Å²) in [6.45, 7) is 0.0763. The summed E-state index contributed by atoms with van der Waals surface area (Å²) in [5, 5.41) is 0.308. The van der Waals surface area contributed by atoms with E-state index in [-0.39, 0.29) is 17.6 Å². The first-order valence-electron chi connectivity index (χ1n) is 7.52. The van der Waals surface area contributed by atoms with Crippen LogP contribution in [0.5, 0.6) is 5.75 Å². The van der Waals surface area contributed by atoms with Gasteiger partial charge in [0.25, 0.3) is 5.56 Å². The van der Waals surface area contributed by atoms with Crippen molar-refractivity contribution in [1.82, 2.24) is 9.55 Å². The van der Waals surface area contributed by atoms with Gasteiger partial charge in [-0.1, -0.05) is 18.2 Å². The number of esters is 1. The lowest BCUT2D eigenvalue weighted by Gasteiger charge is -2.10. The lowest BCUT2D eigenvalue weighted by molar-refractivity contribution is 0.0601. The van der Waals surface area contributed by atoms with E-state index in [0.717, 1.165) is 4.57 Å². The van der Waals surface area contributed by atoms with Crippen LogP contribution in [0.15, 0.2) is 52.1 Å². The Morgan fingerprint density at radius 1 is 1.12 bits per heavy atom. The fourth-order valence-electron chi connectivity index (χ4n) is 2.65. The highest BCUT2D eigenvalue weighted by atomic mass is 16.5. The van der Waals surface area contributed by atoms with Crippen LogP contribution < -0.4 is 16.0 Å². The first kappa shape index (κ1) is 16.5. The Hall–Kier alpha value is -3.35. The van der Waals surface area contributed by atoms with Crippen LogP contribution in [0.4, 0.5) is 0 Å². The SMILES string of the molecule is COC(=O)c1ccc2c(=O)n(Cc3ccccc3OC)c(=O)[nH]c2c1. The van der Waals surface area contributed by atoms with Gasteiger partial charge in [-0.25, -0.2) is 9.59 Å². The summed E-state index contributed by atoms with van der Waals surface area (Å²) in [6.07, 6.45) is 0. The standard InChI is InChI=1S/C18H16N2O5/c1-24-15-6-4-3-5-12(15)10-20-16(21)13-8-7-11(17(22)25-2)9-14(13)19-18(20)23/h3-9H,10H2,1-2H3,(H,19,23). The Labute approximate surface area is 142 Å². The molecule has 2 aromatic carbocycles. The van der Waals surface area contributed by atoms with Gasteiger partial charge in [0.1, 0.15) is 5.75 Å². The van der Waals surface area contributed by atoms with Gasteiger partial charge in [0, 0.05) is 5.56 Å². The van der Waals surface area contributed by atoms with Gasteiger partial charge in [-0.2, -0.15) is 0 Å². The summed E-state index contributed by atoms with van der Waals surface area (Å²) in [7, 11) is 2.79. The predicted molar refractivity (Wildman–Crippen MR) is 92.3 cm³/mol. The molecule has 7 heteroatoms. The summed E-state index contributed by atoms with van der Waals surface area (Å²) < 4.78 is 11.0. The number of fused-ring (bicyclic) bond motifs is 1. The van der Waals surface area contributed by atoms with Gasteiger partial charge < -0.3 is 14.5 Å². The molecule has 0 unspecified atom stereocenters. The summed E-state index contributed by atoms with van der Waals surface area (Å²) in [5.41, 5.74) is 0.247. The van der Waals surface area contributed by atoms with E-state index in [2.05, 4.69) is 9.72 Å². The molecular formula is C18H16N2O5. The van der Waals surface area contributed by atoms with Crippen LogP contribution in [0.3, 0.4) is 0 Å². The molecule has 1 N–H and O–H groups in total. The predicted octanol–water partition coefficient (Wildman–Crippen LogP) is 1.53. The molecule has 0 atom stereocenters. The maximum Gasteiger partial charge on any atom is 0.337 e. The zero-order valence-electron chi connectivity index (χ0n) is 13.7. The van der Waals surface area contributed by atoms with Crippen molar-refractivity contribution in [2.24, 2.45) is 0 Å². The molecule has 0 saturated carbocycles. The van der Waals surface area contributed by atoms with Crippen molar-refractivity contribution in [3.8, 4) is 5.75 Å². The molecule has 0 aliphatic rings. The summed E-state index contributed by atoms with van der Waals surface area (Å²) in [6, 6.07) is 11.6. The second-order valence-corrected chi connectivity index (χ2v) is 5.39. The molecule has 0 aliphatic heterocycles. The zero-order valence-corrected chi connectivity index (χ0v) is 13.7. The minimum atomic E-state index is -0.564. The van der Waals surface area contributed by atoms with E-state index in [1.165, 1.54) is 32.4 Å². The smallest absolute Gasteiger partial charge is 0.337 e. The van der Waals surface area contributed by atoms with Gasteiger partial charge in [-0.15, -0.1) is 0 Å². The molecule has 0 bridgehead atoms. The number of rotatable bonds is 4. The molecule has 1 heterocycles. The van der Waals surface area contributed by atoms with Gasteiger partial charge in [-0.3, -0.25) is 9.36 Å². The second-order valence-electron chi connectivity index (χ2n) is 5.39. The quantitative estimate of drug-likeness (QED) is 0.728. The number of nitrogens with one attached hydrogen (secondary N) is 1. The molecular weight excluding hydrogens is 324 g/mol. The van der Waals surface area contributed by atoms with E-state index < -0.39 is 17.2 Å². The highest BCUT2D eigenvalue weighted by Gasteiger charge is 2.13. The van der Waals surface area contributed by atoms with Crippen LogP contribution in [0.2, 0.25) is 0 Å². The Morgan fingerprint density at radius 3 is 2.60 bits per heavy atom. The molecule has 25 heavy (non-hydrogen) atoms. The number of ether oxygens (including phenoxy) is 2. The van der Waals surface area contributed by atoms with E-state index in [9.17, 15) is 14.4 Å². The third-order valence-electron chi connectivity index (χ3n) is 3.92. The van der Waals surface area contributed by atoms with Crippen molar-refractivity contribution >= 4 is 16.9 Å². The average Bonchev–Trinajstić information content (AvgIpc) is 2.64. The van der Waals surface area contributed by atoms with Gasteiger partial charge in [-0.05, 0) is 24.3 Å². The van der Waals surface area contributed by atoms with Crippen LogP contribution in [0.1, 0.15) is 15.9 Å². The lowest BCUT2D eigenvalue weighted by atomic mass is 10.1. The molecule has 0 saturated heterocycles. The topological polar surface area (TPSA) is 90.4 Å². The molecule has 128 valence electrons. The molecule has 1 aromatic heterocycles. The Balaban J connectivity index is 2.13. The Morgan fingerprint density at radius 2 is 1.88 bits per heavy atom. The maximum atomic E-state index is 12.7. The molecule has 0 spiro atoms. The largest absolute Gasteiger partial charge is 0.496 e. The fraction of sp³-hybridized carbons (Fsp3) is 0.167. The number of benzene rings is 2. The van der Waals surface area contributed by atoms with E-state index in [1.807, 2.05) is 6.07 Å². The number of nitrogens with zero attached hydrogens (tertiary/aromatic N) is 1. The summed E-state index contributed by atoms with van der Waals surface area (Å²) >= 11 is 0. The van der Waals surface area contributed by atoms with Crippen molar-refractivity contribution in [3.05, 3.63) is 74.4 Å². The minimum Gasteiger partial charge on any atom is -0.496 e. The highest BCUT2D eigenvalue weighted by Crippen LogP contribution is 2.17. The molecule has 3 rings (SSSR count). The molecule has 7 nitrogen and oxygen atoms in total. The van der Waals surface area contributed by atoms with Crippen molar-refractivity contribution in [2.75, 3.05) is 14.2 Å². The third kappa shape index (κ3) is 3.03. The molecule has 3 aromatic rings. The maximum absolute atomic E-state index is 12.7. The third-order valence-corrected chi connectivity index (χ3v) is 3.92. The number of carbonyl (C=O) groups is 1. The highest BCUT2D eigenvalue weighted by molar-refractivity contribution is 5.93. The number of para-hydroxylation sites is 1. The number of H-pyrrole nitrogens is 1.